The third kappa shape index (κ3) is 4.19. The van der Waals surface area contributed by atoms with Crippen molar-refractivity contribution in [3.8, 4) is 0 Å². The lowest BCUT2D eigenvalue weighted by atomic mass is 10.1. The molecule has 2 aromatic rings. The van der Waals surface area contributed by atoms with Crippen molar-refractivity contribution >= 4 is 34.8 Å². The second-order valence-electron chi connectivity index (χ2n) is 7.02. The molecule has 27 heavy (non-hydrogen) atoms. The molecule has 144 valence electrons. The lowest BCUT2D eigenvalue weighted by Crippen LogP contribution is -2.36. The van der Waals surface area contributed by atoms with E-state index in [2.05, 4.69) is 10.4 Å². The fourth-order valence-electron chi connectivity index (χ4n) is 2.85. The van der Waals surface area contributed by atoms with Crippen LogP contribution < -0.4 is 5.32 Å². The summed E-state index contributed by atoms with van der Waals surface area (Å²) >= 11 is 1.72. The fraction of sp³-hybridized carbons (Fsp3) is 0.444. The Morgan fingerprint density at radius 3 is 2.85 bits per heavy atom. The third-order valence-corrected chi connectivity index (χ3v) is 5.71. The lowest BCUT2D eigenvalue weighted by molar-refractivity contribution is -0.146. The van der Waals surface area contributed by atoms with Crippen molar-refractivity contribution in [2.24, 2.45) is 0 Å². The van der Waals surface area contributed by atoms with Crippen LogP contribution in [0.25, 0.3) is 0 Å². The van der Waals surface area contributed by atoms with Crippen molar-refractivity contribution in [2.75, 3.05) is 11.9 Å². The summed E-state index contributed by atoms with van der Waals surface area (Å²) in [5.41, 5.74) is 0.383. The Morgan fingerprint density at radius 2 is 2.11 bits per heavy atom. The van der Waals surface area contributed by atoms with E-state index < -0.39 is 11.5 Å². The summed E-state index contributed by atoms with van der Waals surface area (Å²) in [6.07, 6.45) is 3.94. The molecule has 0 saturated carbocycles. The van der Waals surface area contributed by atoms with Crippen molar-refractivity contribution in [1.82, 2.24) is 14.7 Å². The average molecular weight is 390 g/mol. The summed E-state index contributed by atoms with van der Waals surface area (Å²) in [4.78, 5) is 38.9. The number of thiophene rings is 1. The Bertz CT molecular complexity index is 870. The Morgan fingerprint density at radius 1 is 1.33 bits per heavy atom. The van der Waals surface area contributed by atoms with Crippen LogP contribution in [0.5, 0.6) is 0 Å². The van der Waals surface area contributed by atoms with Crippen LogP contribution in [0.4, 0.5) is 5.69 Å². The highest BCUT2D eigenvalue weighted by atomic mass is 32.1. The van der Waals surface area contributed by atoms with E-state index in [1.165, 1.54) is 41.4 Å². The first-order valence-corrected chi connectivity index (χ1v) is 9.57. The van der Waals surface area contributed by atoms with Crippen LogP contribution >= 0.6 is 11.3 Å². The molecular formula is C18H22N4O4S. The third-order valence-electron chi connectivity index (χ3n) is 4.69. The van der Waals surface area contributed by atoms with Crippen LogP contribution in [-0.2, 0) is 32.9 Å². The molecule has 0 unspecified atom stereocenters. The standard InChI is InChI=1S/C18H22N4O4S/c1-18(2,17(25)26)22-11-13(9-19-22)20-15(23)3-4-16(24)21-7-5-14-12(10-21)6-8-27-14/h6,8-9,11H,3-5,7,10H2,1-2H3,(H,20,23)(H,25,26). The number of aromatic nitrogens is 2. The molecule has 3 rings (SSSR count). The summed E-state index contributed by atoms with van der Waals surface area (Å²) in [6.45, 7) is 4.33. The molecule has 3 heterocycles. The summed E-state index contributed by atoms with van der Waals surface area (Å²) in [6, 6.07) is 2.04. The molecule has 0 bridgehead atoms. The van der Waals surface area contributed by atoms with Gasteiger partial charge in [0.2, 0.25) is 11.8 Å². The van der Waals surface area contributed by atoms with Gasteiger partial charge in [0.15, 0.2) is 5.54 Å². The van der Waals surface area contributed by atoms with Gasteiger partial charge in [0, 0.05) is 37.0 Å². The molecule has 2 amide bonds. The number of nitrogens with zero attached hydrogens (tertiary/aromatic N) is 3. The maximum absolute atomic E-state index is 12.4. The number of aliphatic carboxylic acids is 1. The van der Waals surface area contributed by atoms with Gasteiger partial charge in [0.05, 0.1) is 11.9 Å². The molecule has 0 atom stereocenters. The molecule has 0 saturated heterocycles. The maximum Gasteiger partial charge on any atom is 0.331 e. The van der Waals surface area contributed by atoms with E-state index in [4.69, 9.17) is 0 Å². The number of amides is 2. The number of hydrogen-bond acceptors (Lipinski definition) is 5. The Hall–Kier alpha value is -2.68. The highest BCUT2D eigenvalue weighted by molar-refractivity contribution is 7.10. The molecule has 0 aliphatic carbocycles. The van der Waals surface area contributed by atoms with Gasteiger partial charge in [0.25, 0.3) is 0 Å². The number of carbonyl (C=O) groups excluding carboxylic acids is 2. The van der Waals surface area contributed by atoms with Crippen molar-refractivity contribution in [3.05, 3.63) is 34.3 Å². The van der Waals surface area contributed by atoms with Gasteiger partial charge in [-0.1, -0.05) is 0 Å². The van der Waals surface area contributed by atoms with Crippen molar-refractivity contribution in [3.63, 3.8) is 0 Å². The molecular weight excluding hydrogens is 368 g/mol. The molecule has 0 spiro atoms. The SMILES string of the molecule is CC(C)(C(=O)O)n1cc(NC(=O)CCC(=O)N2CCc3sccc3C2)cn1. The lowest BCUT2D eigenvalue weighted by Gasteiger charge is -2.27. The second-order valence-corrected chi connectivity index (χ2v) is 8.02. The zero-order valence-electron chi connectivity index (χ0n) is 15.3. The Labute approximate surface area is 160 Å². The van der Waals surface area contributed by atoms with Crippen molar-refractivity contribution < 1.29 is 19.5 Å². The minimum Gasteiger partial charge on any atom is -0.479 e. The minimum absolute atomic E-state index is 0.0373. The molecule has 2 N–H and O–H groups in total. The van der Waals surface area contributed by atoms with E-state index in [1.807, 2.05) is 11.4 Å². The maximum atomic E-state index is 12.4. The number of fused-ring (bicyclic) bond motifs is 1. The first kappa shape index (κ1) is 19.1. The molecule has 2 aromatic heterocycles. The highest BCUT2D eigenvalue weighted by Gasteiger charge is 2.30. The zero-order chi connectivity index (χ0) is 19.6. The molecule has 8 nitrogen and oxygen atoms in total. The summed E-state index contributed by atoms with van der Waals surface area (Å²) in [7, 11) is 0. The Balaban J connectivity index is 1.50. The van der Waals surface area contributed by atoms with E-state index in [0.29, 0.717) is 18.8 Å². The van der Waals surface area contributed by atoms with Crippen LogP contribution in [-0.4, -0.2) is 44.1 Å². The molecule has 9 heteroatoms. The van der Waals surface area contributed by atoms with Gasteiger partial charge in [-0.25, -0.2) is 4.79 Å². The minimum atomic E-state index is -1.21. The molecule has 0 radical (unpaired) electrons. The van der Waals surface area contributed by atoms with E-state index in [1.54, 1.807) is 16.2 Å². The van der Waals surface area contributed by atoms with Gasteiger partial charge in [0.1, 0.15) is 0 Å². The van der Waals surface area contributed by atoms with E-state index >= 15 is 0 Å². The zero-order valence-corrected chi connectivity index (χ0v) is 16.1. The predicted molar refractivity (Wildman–Crippen MR) is 100 cm³/mol. The summed E-state index contributed by atoms with van der Waals surface area (Å²) < 4.78 is 1.28. The number of nitrogens with one attached hydrogen (secondary N) is 1. The normalized spacial score (nSPS) is 13.9. The number of carboxylic acids is 1. The number of hydrogen-bond donors (Lipinski definition) is 2. The van der Waals surface area contributed by atoms with Gasteiger partial charge in [-0.2, -0.15) is 5.10 Å². The smallest absolute Gasteiger partial charge is 0.331 e. The van der Waals surface area contributed by atoms with E-state index in [-0.39, 0.29) is 24.7 Å². The summed E-state index contributed by atoms with van der Waals surface area (Å²) in [5.74, 6) is -1.36. The Kier molecular flexibility index (Phi) is 5.31. The largest absolute Gasteiger partial charge is 0.479 e. The fourth-order valence-corrected chi connectivity index (χ4v) is 3.74. The average Bonchev–Trinajstić information content (AvgIpc) is 3.28. The number of carboxylic acid groups (broad SMARTS) is 1. The van der Waals surface area contributed by atoms with Gasteiger partial charge in [-0.15, -0.1) is 11.3 Å². The monoisotopic (exact) mass is 390 g/mol. The van der Waals surface area contributed by atoms with Crippen molar-refractivity contribution in [2.45, 2.75) is 45.2 Å². The predicted octanol–water partition coefficient (Wildman–Crippen LogP) is 2.07. The quantitative estimate of drug-likeness (QED) is 0.786. The first-order chi connectivity index (χ1) is 12.8. The molecule has 0 fully saturated rings. The van der Waals surface area contributed by atoms with Gasteiger partial charge < -0.3 is 15.3 Å². The van der Waals surface area contributed by atoms with E-state index in [9.17, 15) is 19.5 Å². The van der Waals surface area contributed by atoms with Gasteiger partial charge in [-0.05, 0) is 37.3 Å². The van der Waals surface area contributed by atoms with Crippen molar-refractivity contribution in [1.29, 1.82) is 0 Å². The van der Waals surface area contributed by atoms with Gasteiger partial charge in [-0.3, -0.25) is 14.3 Å². The molecule has 1 aliphatic heterocycles. The second kappa shape index (κ2) is 7.51. The first-order valence-electron chi connectivity index (χ1n) is 8.69. The van der Waals surface area contributed by atoms with E-state index in [0.717, 1.165) is 6.42 Å². The van der Waals surface area contributed by atoms with Gasteiger partial charge >= 0.3 is 5.97 Å². The number of rotatable bonds is 6. The number of anilines is 1. The number of carbonyl (C=O) groups is 3. The highest BCUT2D eigenvalue weighted by Crippen LogP contribution is 2.24. The van der Waals surface area contributed by atoms with Crippen LogP contribution in [0.3, 0.4) is 0 Å². The van der Waals surface area contributed by atoms with Crippen LogP contribution in [0.1, 0.15) is 37.1 Å². The molecule has 1 aliphatic rings. The topological polar surface area (TPSA) is 105 Å². The molecule has 0 aromatic carbocycles. The van der Waals surface area contributed by atoms with Crippen LogP contribution in [0.2, 0.25) is 0 Å². The van der Waals surface area contributed by atoms with Crippen LogP contribution in [0, 0.1) is 0 Å². The summed E-state index contributed by atoms with van der Waals surface area (Å²) in [5, 5.41) is 17.9. The van der Waals surface area contributed by atoms with Crippen LogP contribution in [0.15, 0.2) is 23.8 Å².